The molecule has 0 atom stereocenters. The van der Waals surface area contributed by atoms with Gasteiger partial charge < -0.3 is 5.11 Å². The number of sulfonamides is 1. The Labute approximate surface area is 173 Å². The zero-order valence-corrected chi connectivity index (χ0v) is 17.0. The number of anilines is 1. The van der Waals surface area contributed by atoms with E-state index in [2.05, 4.69) is 9.71 Å². The van der Waals surface area contributed by atoms with Crippen molar-refractivity contribution in [2.24, 2.45) is 4.99 Å². The van der Waals surface area contributed by atoms with E-state index in [0.717, 1.165) is 5.56 Å². The highest BCUT2D eigenvalue weighted by Crippen LogP contribution is 2.22. The van der Waals surface area contributed by atoms with E-state index >= 15 is 0 Å². The molecule has 9 heteroatoms. The molecule has 0 aliphatic rings. The number of nitrogens with zero attached hydrogens (tertiary/aromatic N) is 2. The number of aryl methyl sites for hydroxylation is 2. The Morgan fingerprint density at radius 1 is 0.967 bits per heavy atom. The Kier molecular flexibility index (Phi) is 5.84. The maximum atomic E-state index is 12.4. The molecule has 0 aliphatic carbocycles. The molecule has 0 aliphatic heterocycles. The predicted octanol–water partition coefficient (Wildman–Crippen LogP) is 3.45. The summed E-state index contributed by atoms with van der Waals surface area (Å²) in [4.78, 5) is 14.5. The van der Waals surface area contributed by atoms with Crippen LogP contribution in [0.25, 0.3) is 0 Å². The number of rotatable bonds is 6. The second-order valence-corrected chi connectivity index (χ2v) is 8.32. The second kappa shape index (κ2) is 8.34. The Bertz CT molecular complexity index is 1220. The Morgan fingerprint density at radius 3 is 2.17 bits per heavy atom. The molecule has 0 amide bonds. The highest BCUT2D eigenvalue weighted by atomic mass is 32.2. The van der Waals surface area contributed by atoms with E-state index in [0.29, 0.717) is 16.9 Å². The van der Waals surface area contributed by atoms with Crippen LogP contribution in [0.3, 0.4) is 0 Å². The summed E-state index contributed by atoms with van der Waals surface area (Å²) in [7, 11) is -3.73. The molecule has 3 rings (SSSR count). The summed E-state index contributed by atoms with van der Waals surface area (Å²) >= 11 is 0. The molecule has 30 heavy (non-hydrogen) atoms. The van der Waals surface area contributed by atoms with Crippen LogP contribution in [-0.2, 0) is 10.0 Å². The van der Waals surface area contributed by atoms with Gasteiger partial charge in [0.1, 0.15) is 0 Å². The van der Waals surface area contributed by atoms with Gasteiger partial charge in [0, 0.05) is 17.3 Å². The lowest BCUT2D eigenvalue weighted by Crippen LogP contribution is -2.18. The maximum absolute atomic E-state index is 12.4. The van der Waals surface area contributed by atoms with E-state index in [1.54, 1.807) is 19.1 Å². The molecule has 0 spiro atoms. The highest BCUT2D eigenvalue weighted by Gasteiger charge is 2.14. The molecule has 8 nitrogen and oxygen atoms in total. The fraction of sp³-hybridized carbons (Fsp3) is 0.0952. The first-order valence-corrected chi connectivity index (χ1v) is 10.3. The normalized spacial score (nSPS) is 11.9. The van der Waals surface area contributed by atoms with Gasteiger partial charge in [-0.05, 0) is 73.8 Å². The summed E-state index contributed by atoms with van der Waals surface area (Å²) < 4.78 is 27.3. The van der Waals surface area contributed by atoms with Gasteiger partial charge in [-0.2, -0.15) is 0 Å². The van der Waals surface area contributed by atoms with Crippen LogP contribution in [0.15, 0.2) is 76.6 Å². The van der Waals surface area contributed by atoms with Gasteiger partial charge in [0.2, 0.25) is 0 Å². The van der Waals surface area contributed by atoms with Crippen molar-refractivity contribution in [2.45, 2.75) is 18.7 Å². The summed E-state index contributed by atoms with van der Waals surface area (Å²) in [5, 5.41) is 23.2. The van der Waals surface area contributed by atoms with E-state index in [9.17, 15) is 23.6 Å². The third kappa shape index (κ3) is 4.81. The molecular formula is C21H18N3O5S-. The predicted molar refractivity (Wildman–Crippen MR) is 112 cm³/mol. The standard InChI is InChI=1S/C21H19N3O5S/c1-14-3-10-19(11-4-14)30(28,29)23-18-8-6-17(7-9-18)22-21(25)16-5-12-20(24(26)27)15(2)13-16/h3-13,23H,1-2H3,(H,22,25)/p-1. The topological polar surface area (TPSA) is 125 Å². The van der Waals surface area contributed by atoms with Gasteiger partial charge >= 0.3 is 0 Å². The molecule has 3 aromatic carbocycles. The molecule has 0 fully saturated rings. The van der Waals surface area contributed by atoms with Crippen molar-refractivity contribution in [3.8, 4) is 0 Å². The lowest BCUT2D eigenvalue weighted by Gasteiger charge is -2.12. The molecule has 0 bridgehead atoms. The van der Waals surface area contributed by atoms with Crippen molar-refractivity contribution >= 4 is 33.0 Å². The van der Waals surface area contributed by atoms with Crippen LogP contribution in [-0.4, -0.2) is 19.2 Å². The Morgan fingerprint density at radius 2 is 1.60 bits per heavy atom. The van der Waals surface area contributed by atoms with Crippen molar-refractivity contribution in [3.63, 3.8) is 0 Å². The van der Waals surface area contributed by atoms with Gasteiger partial charge in [0.15, 0.2) is 0 Å². The second-order valence-electron chi connectivity index (χ2n) is 6.64. The smallest absolute Gasteiger partial charge is 0.272 e. The molecule has 1 N–H and O–H groups in total. The largest absolute Gasteiger partial charge is 0.858 e. The number of hydrogen-bond acceptors (Lipinski definition) is 6. The molecular weight excluding hydrogens is 406 g/mol. The summed E-state index contributed by atoms with van der Waals surface area (Å²) in [6.45, 7) is 3.41. The Hall–Kier alpha value is -3.72. The molecule has 0 saturated carbocycles. The molecule has 3 aromatic rings. The zero-order chi connectivity index (χ0) is 21.9. The van der Waals surface area contributed by atoms with E-state index in [1.807, 2.05) is 6.92 Å². The lowest BCUT2D eigenvalue weighted by molar-refractivity contribution is -0.385. The van der Waals surface area contributed by atoms with E-state index in [-0.39, 0.29) is 16.1 Å². The minimum Gasteiger partial charge on any atom is -0.858 e. The van der Waals surface area contributed by atoms with Gasteiger partial charge in [-0.3, -0.25) is 19.8 Å². The monoisotopic (exact) mass is 424 g/mol. The van der Waals surface area contributed by atoms with Crippen molar-refractivity contribution in [3.05, 3.63) is 93.5 Å². The first kappa shape index (κ1) is 21.0. The quantitative estimate of drug-likeness (QED) is 0.281. The van der Waals surface area contributed by atoms with Crippen molar-refractivity contribution < 1.29 is 18.4 Å². The van der Waals surface area contributed by atoms with Gasteiger partial charge in [-0.25, -0.2) is 8.42 Å². The minimum absolute atomic E-state index is 0.0724. The van der Waals surface area contributed by atoms with Crippen LogP contribution in [0.2, 0.25) is 0 Å². The van der Waals surface area contributed by atoms with Gasteiger partial charge in [-0.15, -0.1) is 0 Å². The third-order valence-corrected chi connectivity index (χ3v) is 5.72. The van der Waals surface area contributed by atoms with E-state index in [1.165, 1.54) is 54.6 Å². The average molecular weight is 424 g/mol. The molecule has 0 saturated heterocycles. The minimum atomic E-state index is -3.73. The molecule has 0 unspecified atom stereocenters. The number of aliphatic imine (C=N–C) groups is 1. The first-order valence-electron chi connectivity index (χ1n) is 8.86. The van der Waals surface area contributed by atoms with Crippen molar-refractivity contribution in [1.82, 2.24) is 0 Å². The van der Waals surface area contributed by atoms with Gasteiger partial charge in [-0.1, -0.05) is 17.7 Å². The van der Waals surface area contributed by atoms with Crippen molar-refractivity contribution in [1.29, 1.82) is 0 Å². The SMILES string of the molecule is Cc1ccc(S(=O)(=O)Nc2ccc(N=C([O-])c3ccc([N+](=O)[O-])c(C)c3)cc2)cc1. The van der Waals surface area contributed by atoms with E-state index in [4.69, 9.17) is 0 Å². The molecule has 0 aromatic heterocycles. The van der Waals surface area contributed by atoms with Crippen LogP contribution in [0.4, 0.5) is 17.1 Å². The fourth-order valence-corrected chi connectivity index (χ4v) is 3.77. The van der Waals surface area contributed by atoms with Crippen LogP contribution in [0.1, 0.15) is 16.7 Å². The van der Waals surface area contributed by atoms with Crippen LogP contribution < -0.4 is 9.83 Å². The van der Waals surface area contributed by atoms with E-state index < -0.39 is 20.8 Å². The summed E-state index contributed by atoms with van der Waals surface area (Å²) in [6, 6.07) is 16.5. The zero-order valence-electron chi connectivity index (χ0n) is 16.2. The van der Waals surface area contributed by atoms with Crippen molar-refractivity contribution in [2.75, 3.05) is 4.72 Å². The van der Waals surface area contributed by atoms with Crippen LogP contribution in [0.5, 0.6) is 0 Å². The number of benzene rings is 3. The van der Waals surface area contributed by atoms with Crippen LogP contribution in [0, 0.1) is 24.0 Å². The fourth-order valence-electron chi connectivity index (χ4n) is 2.71. The molecule has 154 valence electrons. The number of nitro benzene ring substituents is 1. The number of nitro groups is 1. The van der Waals surface area contributed by atoms with Gasteiger partial charge in [0.25, 0.3) is 15.7 Å². The maximum Gasteiger partial charge on any atom is 0.272 e. The summed E-state index contributed by atoms with van der Waals surface area (Å²) in [5.41, 5.74) is 2.12. The first-order chi connectivity index (χ1) is 14.2. The average Bonchev–Trinajstić information content (AvgIpc) is 2.69. The summed E-state index contributed by atoms with van der Waals surface area (Å²) in [6.07, 6.45) is 0. The van der Waals surface area contributed by atoms with Gasteiger partial charge in [0.05, 0.1) is 15.5 Å². The third-order valence-electron chi connectivity index (χ3n) is 4.32. The summed E-state index contributed by atoms with van der Waals surface area (Å²) in [5.74, 6) is -0.555. The number of hydrogen-bond donors (Lipinski definition) is 1. The molecule has 0 heterocycles. The molecule has 0 radical (unpaired) electrons. The number of nitrogens with one attached hydrogen (secondary N) is 1. The highest BCUT2D eigenvalue weighted by molar-refractivity contribution is 7.92. The van der Waals surface area contributed by atoms with Crippen LogP contribution >= 0.6 is 0 Å². The Balaban J connectivity index is 1.77. The lowest BCUT2D eigenvalue weighted by atomic mass is 10.1.